The highest BCUT2D eigenvalue weighted by molar-refractivity contribution is 5.82. The van der Waals surface area contributed by atoms with E-state index < -0.39 is 23.8 Å². The molecule has 6 heteroatoms. The van der Waals surface area contributed by atoms with E-state index in [1.54, 1.807) is 13.8 Å². The Morgan fingerprint density at radius 3 is 1.88 bits per heavy atom. The van der Waals surface area contributed by atoms with Crippen molar-refractivity contribution in [1.82, 2.24) is 5.32 Å². The van der Waals surface area contributed by atoms with Crippen LogP contribution in [0.5, 0.6) is 0 Å². The third kappa shape index (κ3) is 6.55. The fraction of sp³-hybridized carbons (Fsp3) is 0.727. The first kappa shape index (κ1) is 15.4. The van der Waals surface area contributed by atoms with Crippen molar-refractivity contribution < 1.29 is 24.6 Å². The zero-order valence-corrected chi connectivity index (χ0v) is 10.3. The molecule has 0 aromatic rings. The molecule has 0 saturated heterocycles. The topological polar surface area (TPSA) is 104 Å². The molecule has 0 fully saturated rings. The SMILES string of the molecule is CC(CC(C)C(=O)O)NC(=O)CC(C)C(=O)O. The van der Waals surface area contributed by atoms with Crippen LogP contribution >= 0.6 is 0 Å². The van der Waals surface area contributed by atoms with E-state index in [2.05, 4.69) is 5.32 Å². The van der Waals surface area contributed by atoms with Crippen LogP contribution in [0.15, 0.2) is 0 Å². The van der Waals surface area contributed by atoms with Gasteiger partial charge in [-0.05, 0) is 13.3 Å². The summed E-state index contributed by atoms with van der Waals surface area (Å²) in [5.41, 5.74) is 0. The van der Waals surface area contributed by atoms with Gasteiger partial charge in [-0.2, -0.15) is 0 Å². The molecule has 0 aliphatic heterocycles. The molecule has 0 heterocycles. The van der Waals surface area contributed by atoms with Gasteiger partial charge in [0.2, 0.25) is 5.91 Å². The second-order valence-corrected chi connectivity index (χ2v) is 4.39. The Kier molecular flexibility index (Phi) is 6.23. The van der Waals surface area contributed by atoms with Gasteiger partial charge in [0.05, 0.1) is 11.8 Å². The summed E-state index contributed by atoms with van der Waals surface area (Å²) in [6.45, 7) is 4.71. The van der Waals surface area contributed by atoms with Crippen molar-refractivity contribution in [1.29, 1.82) is 0 Å². The van der Waals surface area contributed by atoms with E-state index in [0.29, 0.717) is 6.42 Å². The van der Waals surface area contributed by atoms with Gasteiger partial charge >= 0.3 is 11.9 Å². The summed E-state index contributed by atoms with van der Waals surface area (Å²) >= 11 is 0. The van der Waals surface area contributed by atoms with Crippen molar-refractivity contribution in [2.75, 3.05) is 0 Å². The second-order valence-electron chi connectivity index (χ2n) is 4.39. The highest BCUT2D eigenvalue weighted by atomic mass is 16.4. The molecule has 0 saturated carbocycles. The smallest absolute Gasteiger partial charge is 0.306 e. The normalized spacial score (nSPS) is 15.7. The van der Waals surface area contributed by atoms with E-state index in [0.717, 1.165) is 0 Å². The first-order chi connectivity index (χ1) is 7.73. The average molecular weight is 245 g/mol. The molecule has 0 aromatic heterocycles. The molecule has 17 heavy (non-hydrogen) atoms. The summed E-state index contributed by atoms with van der Waals surface area (Å²) in [6, 6.07) is -0.283. The number of aliphatic carboxylic acids is 2. The van der Waals surface area contributed by atoms with E-state index in [-0.39, 0.29) is 18.4 Å². The minimum atomic E-state index is -1.02. The molecule has 3 atom stereocenters. The van der Waals surface area contributed by atoms with Gasteiger partial charge in [0.1, 0.15) is 0 Å². The van der Waals surface area contributed by atoms with Gasteiger partial charge in [0.25, 0.3) is 0 Å². The first-order valence-corrected chi connectivity index (χ1v) is 5.49. The van der Waals surface area contributed by atoms with Crippen molar-refractivity contribution >= 4 is 17.8 Å². The minimum absolute atomic E-state index is 0.0961. The largest absolute Gasteiger partial charge is 0.481 e. The second kappa shape index (κ2) is 6.88. The van der Waals surface area contributed by atoms with Crippen LogP contribution in [-0.2, 0) is 14.4 Å². The fourth-order valence-electron chi connectivity index (χ4n) is 1.39. The van der Waals surface area contributed by atoms with E-state index >= 15 is 0 Å². The number of amides is 1. The van der Waals surface area contributed by atoms with E-state index in [1.807, 2.05) is 0 Å². The molecule has 3 unspecified atom stereocenters. The minimum Gasteiger partial charge on any atom is -0.481 e. The van der Waals surface area contributed by atoms with Gasteiger partial charge in [0, 0.05) is 12.5 Å². The van der Waals surface area contributed by atoms with Gasteiger partial charge in [0.15, 0.2) is 0 Å². The molecular formula is C11H19NO5. The average Bonchev–Trinajstić information content (AvgIpc) is 2.16. The fourth-order valence-corrected chi connectivity index (χ4v) is 1.39. The molecule has 0 aliphatic carbocycles. The zero-order chi connectivity index (χ0) is 13.6. The Balaban J connectivity index is 4.04. The molecule has 6 nitrogen and oxygen atoms in total. The quantitative estimate of drug-likeness (QED) is 0.613. The lowest BCUT2D eigenvalue weighted by Crippen LogP contribution is -2.36. The van der Waals surface area contributed by atoms with Crippen molar-refractivity contribution in [3.8, 4) is 0 Å². The van der Waals surface area contributed by atoms with Crippen molar-refractivity contribution in [2.24, 2.45) is 11.8 Å². The van der Waals surface area contributed by atoms with Crippen LogP contribution in [0.3, 0.4) is 0 Å². The number of rotatable bonds is 7. The van der Waals surface area contributed by atoms with Crippen LogP contribution in [-0.4, -0.2) is 34.1 Å². The number of carboxylic acids is 2. The zero-order valence-electron chi connectivity index (χ0n) is 10.3. The lowest BCUT2D eigenvalue weighted by Gasteiger charge is -2.16. The summed E-state index contributed by atoms with van der Waals surface area (Å²) < 4.78 is 0. The predicted octanol–water partition coefficient (Wildman–Crippen LogP) is 0.713. The maximum absolute atomic E-state index is 11.4. The molecule has 1 amide bonds. The summed E-state index contributed by atoms with van der Waals surface area (Å²) in [6.07, 6.45) is 0.226. The molecule has 0 bridgehead atoms. The van der Waals surface area contributed by atoms with Crippen LogP contribution in [0.1, 0.15) is 33.6 Å². The van der Waals surface area contributed by atoms with Gasteiger partial charge in [-0.3, -0.25) is 14.4 Å². The number of carbonyl (C=O) groups excluding carboxylic acids is 1. The molecule has 3 N–H and O–H groups in total. The molecule has 0 spiro atoms. The molecule has 0 aliphatic rings. The van der Waals surface area contributed by atoms with Gasteiger partial charge in [-0.25, -0.2) is 0 Å². The molecule has 98 valence electrons. The number of nitrogens with one attached hydrogen (secondary N) is 1. The van der Waals surface area contributed by atoms with Crippen LogP contribution in [0.4, 0.5) is 0 Å². The number of carbonyl (C=O) groups is 3. The van der Waals surface area contributed by atoms with E-state index in [1.165, 1.54) is 6.92 Å². The van der Waals surface area contributed by atoms with Crippen molar-refractivity contribution in [3.63, 3.8) is 0 Å². The molecular weight excluding hydrogens is 226 g/mol. The molecule has 0 rings (SSSR count). The lowest BCUT2D eigenvalue weighted by atomic mass is 10.0. The summed E-state index contributed by atoms with van der Waals surface area (Å²) in [4.78, 5) is 32.5. The Hall–Kier alpha value is -1.59. The Morgan fingerprint density at radius 2 is 1.47 bits per heavy atom. The van der Waals surface area contributed by atoms with Crippen LogP contribution in [0, 0.1) is 11.8 Å². The Bertz CT molecular complexity index is 302. The van der Waals surface area contributed by atoms with E-state index in [9.17, 15) is 14.4 Å². The maximum Gasteiger partial charge on any atom is 0.306 e. The van der Waals surface area contributed by atoms with Crippen LogP contribution < -0.4 is 5.32 Å². The van der Waals surface area contributed by atoms with Crippen LogP contribution in [0.25, 0.3) is 0 Å². The standard InChI is InChI=1S/C11H19NO5/c1-6(10(14)15)4-8(3)12-9(13)5-7(2)11(16)17/h6-8H,4-5H2,1-3H3,(H,12,13)(H,14,15)(H,16,17). The van der Waals surface area contributed by atoms with Crippen molar-refractivity contribution in [3.05, 3.63) is 0 Å². The highest BCUT2D eigenvalue weighted by Gasteiger charge is 2.19. The highest BCUT2D eigenvalue weighted by Crippen LogP contribution is 2.07. The third-order valence-corrected chi connectivity index (χ3v) is 2.45. The number of hydrogen-bond acceptors (Lipinski definition) is 3. The lowest BCUT2D eigenvalue weighted by molar-refractivity contribution is -0.143. The number of hydrogen-bond donors (Lipinski definition) is 3. The third-order valence-electron chi connectivity index (χ3n) is 2.45. The summed E-state index contributed by atoms with van der Waals surface area (Å²) in [5, 5.41) is 19.9. The first-order valence-electron chi connectivity index (χ1n) is 5.49. The summed E-state index contributed by atoms with van der Waals surface area (Å²) in [7, 11) is 0. The molecule has 0 aromatic carbocycles. The molecule has 0 radical (unpaired) electrons. The van der Waals surface area contributed by atoms with Gasteiger partial charge < -0.3 is 15.5 Å². The van der Waals surface area contributed by atoms with Crippen LogP contribution in [0.2, 0.25) is 0 Å². The maximum atomic E-state index is 11.4. The Labute approximate surface area is 100 Å². The number of carboxylic acid groups (broad SMARTS) is 2. The van der Waals surface area contributed by atoms with Gasteiger partial charge in [-0.1, -0.05) is 13.8 Å². The van der Waals surface area contributed by atoms with Gasteiger partial charge in [-0.15, -0.1) is 0 Å². The Morgan fingerprint density at radius 1 is 1.00 bits per heavy atom. The van der Waals surface area contributed by atoms with Crippen molar-refractivity contribution in [2.45, 2.75) is 39.7 Å². The monoisotopic (exact) mass is 245 g/mol. The van der Waals surface area contributed by atoms with E-state index in [4.69, 9.17) is 10.2 Å². The summed E-state index contributed by atoms with van der Waals surface area (Å²) in [5.74, 6) is -3.58. The predicted molar refractivity (Wildman–Crippen MR) is 60.4 cm³/mol.